The summed E-state index contributed by atoms with van der Waals surface area (Å²) < 4.78 is 1.79. The molecule has 178 valence electrons. The number of aromatic nitrogens is 4. The largest absolute Gasteiger partial charge is 0.326 e. The number of fused-ring (bicyclic) bond motifs is 1. The molecule has 2 aromatic carbocycles. The molecule has 0 fully saturated rings. The molecule has 0 aliphatic heterocycles. The summed E-state index contributed by atoms with van der Waals surface area (Å²) in [6.07, 6.45) is 5.15. The van der Waals surface area contributed by atoms with Gasteiger partial charge in [0.1, 0.15) is 0 Å². The van der Waals surface area contributed by atoms with Crippen molar-refractivity contribution in [3.8, 4) is 11.3 Å². The number of pyridine rings is 2. The Hall–Kier alpha value is -4.85. The minimum Gasteiger partial charge on any atom is -0.326 e. The molecule has 0 atom stereocenters. The predicted octanol–water partition coefficient (Wildman–Crippen LogP) is 5.06. The van der Waals surface area contributed by atoms with E-state index >= 15 is 0 Å². The molecular weight excluding hydrogens is 452 g/mol. The van der Waals surface area contributed by atoms with Gasteiger partial charge in [-0.15, -0.1) is 0 Å². The molecule has 36 heavy (non-hydrogen) atoms. The summed E-state index contributed by atoms with van der Waals surface area (Å²) in [5.41, 5.74) is 5.70. The van der Waals surface area contributed by atoms with E-state index < -0.39 is 0 Å². The topological polar surface area (TPSA) is 102 Å². The summed E-state index contributed by atoms with van der Waals surface area (Å²) in [4.78, 5) is 34.1. The minimum absolute atomic E-state index is 0.175. The number of carbonyl (C=O) groups is 2. The van der Waals surface area contributed by atoms with E-state index in [1.165, 1.54) is 6.92 Å². The van der Waals surface area contributed by atoms with Gasteiger partial charge in [0.05, 0.1) is 29.4 Å². The lowest BCUT2D eigenvalue weighted by molar-refractivity contribution is -0.114. The van der Waals surface area contributed by atoms with Crippen molar-refractivity contribution in [2.24, 2.45) is 0 Å². The van der Waals surface area contributed by atoms with Gasteiger partial charge in [-0.05, 0) is 48.4 Å². The van der Waals surface area contributed by atoms with Crippen molar-refractivity contribution in [2.75, 3.05) is 10.6 Å². The van der Waals surface area contributed by atoms with Crippen LogP contribution in [0.5, 0.6) is 0 Å². The molecule has 5 aromatic rings. The average Bonchev–Trinajstić information content (AvgIpc) is 3.29. The highest BCUT2D eigenvalue weighted by molar-refractivity contribution is 6.13. The fourth-order valence-electron chi connectivity index (χ4n) is 4.05. The summed E-state index contributed by atoms with van der Waals surface area (Å²) in [6.45, 7) is 3.80. The quantitative estimate of drug-likeness (QED) is 0.357. The Bertz CT molecular complexity index is 1560. The summed E-state index contributed by atoms with van der Waals surface area (Å²) in [6, 6.07) is 20.8. The lowest BCUT2D eigenvalue weighted by Crippen LogP contribution is -2.15. The van der Waals surface area contributed by atoms with Crippen LogP contribution >= 0.6 is 0 Å². The molecule has 0 unspecified atom stereocenters. The average molecular weight is 477 g/mol. The zero-order chi connectivity index (χ0) is 25.1. The van der Waals surface area contributed by atoms with Gasteiger partial charge in [0.2, 0.25) is 5.91 Å². The smallest absolute Gasteiger partial charge is 0.256 e. The van der Waals surface area contributed by atoms with Gasteiger partial charge in [-0.3, -0.25) is 14.6 Å². The number of hydrogen-bond donors (Lipinski definition) is 2. The molecule has 3 aromatic heterocycles. The highest BCUT2D eigenvalue weighted by Crippen LogP contribution is 2.28. The lowest BCUT2D eigenvalue weighted by atomic mass is 10.1. The zero-order valence-electron chi connectivity index (χ0n) is 19.9. The highest BCUT2D eigenvalue weighted by Gasteiger charge is 2.19. The Morgan fingerprint density at radius 2 is 1.64 bits per heavy atom. The third-order valence-electron chi connectivity index (χ3n) is 5.90. The summed E-state index contributed by atoms with van der Waals surface area (Å²) in [5, 5.41) is 11.0. The van der Waals surface area contributed by atoms with Crippen LogP contribution in [0.1, 0.15) is 28.4 Å². The van der Waals surface area contributed by atoms with E-state index in [0.29, 0.717) is 40.2 Å². The van der Waals surface area contributed by atoms with Crippen molar-refractivity contribution in [2.45, 2.75) is 20.4 Å². The number of hydrogen-bond acceptors (Lipinski definition) is 5. The van der Waals surface area contributed by atoms with Crippen LogP contribution in [0.25, 0.3) is 22.3 Å². The second-order valence-electron chi connectivity index (χ2n) is 8.43. The van der Waals surface area contributed by atoms with E-state index in [2.05, 4.69) is 20.7 Å². The van der Waals surface area contributed by atoms with Crippen LogP contribution in [0.3, 0.4) is 0 Å². The van der Waals surface area contributed by atoms with Gasteiger partial charge in [0, 0.05) is 36.3 Å². The van der Waals surface area contributed by atoms with Gasteiger partial charge >= 0.3 is 0 Å². The molecule has 0 saturated carbocycles. The fraction of sp³-hybridized carbons (Fsp3) is 0.107. The van der Waals surface area contributed by atoms with Crippen LogP contribution in [0.4, 0.5) is 11.4 Å². The van der Waals surface area contributed by atoms with Crippen LogP contribution in [0.15, 0.2) is 85.3 Å². The second kappa shape index (κ2) is 9.79. The first-order chi connectivity index (χ1) is 17.5. The first kappa shape index (κ1) is 22.9. The second-order valence-corrected chi connectivity index (χ2v) is 8.43. The van der Waals surface area contributed by atoms with Crippen LogP contribution in [0, 0.1) is 6.92 Å². The normalized spacial score (nSPS) is 10.8. The highest BCUT2D eigenvalue weighted by atomic mass is 16.2. The first-order valence-corrected chi connectivity index (χ1v) is 11.5. The molecule has 0 spiro atoms. The Morgan fingerprint density at radius 1 is 0.917 bits per heavy atom. The van der Waals surface area contributed by atoms with Crippen molar-refractivity contribution in [3.63, 3.8) is 0 Å². The van der Waals surface area contributed by atoms with Crippen LogP contribution < -0.4 is 10.6 Å². The summed E-state index contributed by atoms with van der Waals surface area (Å²) in [7, 11) is 0. The van der Waals surface area contributed by atoms with Gasteiger partial charge < -0.3 is 10.6 Å². The molecule has 5 rings (SSSR count). The molecule has 0 saturated heterocycles. The molecule has 0 aliphatic carbocycles. The Kier molecular flexibility index (Phi) is 6.23. The molecule has 8 nitrogen and oxygen atoms in total. The zero-order valence-corrected chi connectivity index (χ0v) is 19.9. The molecule has 3 heterocycles. The molecule has 0 bridgehead atoms. The number of benzene rings is 2. The standard InChI is InChI=1S/C28H24N6O2/c1-18-24(31-19(2)35)9-6-10-25(18)33-28(36)22-15-26(21-7-4-3-5-8-21)32-27-23(22)16-30-34(27)17-20-11-13-29-14-12-20/h3-16H,17H2,1-2H3,(H,31,35)(H,33,36). The van der Waals surface area contributed by atoms with Crippen molar-refractivity contribution < 1.29 is 9.59 Å². The molecular formula is C28H24N6O2. The van der Waals surface area contributed by atoms with Crippen molar-refractivity contribution in [3.05, 3.63) is 102 Å². The van der Waals surface area contributed by atoms with E-state index in [0.717, 1.165) is 16.7 Å². The third-order valence-corrected chi connectivity index (χ3v) is 5.90. The van der Waals surface area contributed by atoms with Gasteiger partial charge in [-0.2, -0.15) is 5.10 Å². The van der Waals surface area contributed by atoms with E-state index in [1.54, 1.807) is 41.5 Å². The fourth-order valence-corrected chi connectivity index (χ4v) is 4.05. The predicted molar refractivity (Wildman–Crippen MR) is 140 cm³/mol. The Balaban J connectivity index is 1.58. The number of rotatable bonds is 6. The summed E-state index contributed by atoms with van der Waals surface area (Å²) >= 11 is 0. The Morgan fingerprint density at radius 3 is 2.36 bits per heavy atom. The number of nitrogens with one attached hydrogen (secondary N) is 2. The van der Waals surface area contributed by atoms with Crippen LogP contribution in [-0.4, -0.2) is 31.6 Å². The van der Waals surface area contributed by atoms with Crippen LogP contribution in [-0.2, 0) is 11.3 Å². The molecule has 8 heteroatoms. The van der Waals surface area contributed by atoms with E-state index in [1.807, 2.05) is 55.5 Å². The number of amides is 2. The Labute approximate surface area is 208 Å². The van der Waals surface area contributed by atoms with Gasteiger partial charge in [-0.1, -0.05) is 36.4 Å². The lowest BCUT2D eigenvalue weighted by Gasteiger charge is -2.14. The maximum Gasteiger partial charge on any atom is 0.256 e. The van der Waals surface area contributed by atoms with Crippen LogP contribution in [0.2, 0.25) is 0 Å². The van der Waals surface area contributed by atoms with Crippen molar-refractivity contribution in [1.29, 1.82) is 0 Å². The number of nitrogens with zero attached hydrogens (tertiary/aromatic N) is 4. The maximum atomic E-state index is 13.6. The van der Waals surface area contributed by atoms with E-state index in [9.17, 15) is 9.59 Å². The number of anilines is 2. The van der Waals surface area contributed by atoms with Crippen molar-refractivity contribution >= 4 is 34.2 Å². The molecule has 0 radical (unpaired) electrons. The van der Waals surface area contributed by atoms with E-state index in [-0.39, 0.29) is 11.8 Å². The van der Waals surface area contributed by atoms with E-state index in [4.69, 9.17) is 4.98 Å². The molecule has 0 aliphatic rings. The minimum atomic E-state index is -0.286. The molecule has 2 amide bonds. The summed E-state index contributed by atoms with van der Waals surface area (Å²) in [5.74, 6) is -0.461. The molecule has 2 N–H and O–H groups in total. The van der Waals surface area contributed by atoms with Gasteiger partial charge in [-0.25, -0.2) is 9.67 Å². The maximum absolute atomic E-state index is 13.6. The SMILES string of the molecule is CC(=O)Nc1cccc(NC(=O)c2cc(-c3ccccc3)nc3c2cnn3Cc2ccncc2)c1C. The van der Waals surface area contributed by atoms with Crippen molar-refractivity contribution in [1.82, 2.24) is 19.7 Å². The van der Waals surface area contributed by atoms with Gasteiger partial charge in [0.15, 0.2) is 5.65 Å². The first-order valence-electron chi connectivity index (χ1n) is 11.5. The number of carbonyl (C=O) groups excluding carboxylic acids is 2. The monoisotopic (exact) mass is 476 g/mol. The third kappa shape index (κ3) is 4.69. The van der Waals surface area contributed by atoms with Gasteiger partial charge in [0.25, 0.3) is 5.91 Å².